The Balaban J connectivity index is 1.16. The normalized spacial score (nSPS) is 11.5. The highest BCUT2D eigenvalue weighted by Crippen LogP contribution is 2.46. The molecule has 290 valence electrons. The van der Waals surface area contributed by atoms with E-state index in [-0.39, 0.29) is 0 Å². The molecule has 8 aromatic carbocycles. The van der Waals surface area contributed by atoms with E-state index in [4.69, 9.17) is 29.3 Å². The average Bonchev–Trinajstić information content (AvgIpc) is 3.91. The van der Waals surface area contributed by atoms with E-state index in [1.165, 1.54) is 0 Å². The molecular weight excluding hydrogens is 761 g/mol. The van der Waals surface area contributed by atoms with E-state index in [1.54, 1.807) is 0 Å². The highest BCUT2D eigenvalue weighted by Gasteiger charge is 2.25. The Morgan fingerprint density at radius 1 is 0.355 bits per heavy atom. The third kappa shape index (κ3) is 6.02. The lowest BCUT2D eigenvalue weighted by atomic mass is 10.00. The van der Waals surface area contributed by atoms with Crippen LogP contribution in [0.15, 0.2) is 211 Å². The van der Waals surface area contributed by atoms with E-state index in [0.717, 1.165) is 94.2 Å². The number of nitrogens with zero attached hydrogens (tertiary/aromatic N) is 6. The van der Waals surface area contributed by atoms with Gasteiger partial charge in [0.1, 0.15) is 11.2 Å². The zero-order valence-electron chi connectivity index (χ0n) is 33.2. The summed E-state index contributed by atoms with van der Waals surface area (Å²) in [5, 5.41) is 4.14. The van der Waals surface area contributed by atoms with Crippen LogP contribution in [0.2, 0.25) is 0 Å². The van der Waals surface area contributed by atoms with Crippen molar-refractivity contribution in [3.05, 3.63) is 206 Å². The highest BCUT2D eigenvalue weighted by molar-refractivity contribution is 6.27. The van der Waals surface area contributed by atoms with Crippen molar-refractivity contribution in [2.24, 2.45) is 0 Å². The second-order valence-corrected chi connectivity index (χ2v) is 15.3. The molecule has 0 fully saturated rings. The summed E-state index contributed by atoms with van der Waals surface area (Å²) < 4.78 is 9.16. The first-order valence-electron chi connectivity index (χ1n) is 20.6. The monoisotopic (exact) mass is 794 g/mol. The molecule has 0 radical (unpaired) electrons. The third-order valence-corrected chi connectivity index (χ3v) is 11.4. The van der Waals surface area contributed by atoms with Crippen molar-refractivity contribution in [2.45, 2.75) is 0 Å². The van der Waals surface area contributed by atoms with Crippen LogP contribution < -0.4 is 0 Å². The van der Waals surface area contributed by atoms with Crippen LogP contribution in [-0.2, 0) is 0 Å². The predicted molar refractivity (Wildman–Crippen MR) is 250 cm³/mol. The molecule has 0 aliphatic rings. The molecule has 0 spiro atoms. The van der Waals surface area contributed by atoms with Gasteiger partial charge in [0.15, 0.2) is 23.3 Å². The minimum absolute atomic E-state index is 0.580. The molecule has 0 bridgehead atoms. The number of para-hydroxylation sites is 2. The maximum atomic E-state index is 6.83. The summed E-state index contributed by atoms with van der Waals surface area (Å²) in [5.41, 5.74) is 11.8. The average molecular weight is 795 g/mol. The zero-order valence-corrected chi connectivity index (χ0v) is 33.2. The minimum Gasteiger partial charge on any atom is -0.455 e. The van der Waals surface area contributed by atoms with E-state index in [1.807, 2.05) is 109 Å². The fourth-order valence-corrected chi connectivity index (χ4v) is 8.58. The number of aromatic nitrogens is 6. The smallest absolute Gasteiger partial charge is 0.164 e. The van der Waals surface area contributed by atoms with Crippen molar-refractivity contribution in [3.63, 3.8) is 0 Å². The SMILES string of the molecule is c1ccc(-c2cc(-c3cc4c5ccccc5oc4c4c5ccccc5n(-c5cccc(-c6nc(-c7ccccc7)nc(-c7ccccc7)n6)c5)c34)nc(-c3ccccc3)n2)cc1. The van der Waals surface area contributed by atoms with Crippen molar-refractivity contribution >= 4 is 43.7 Å². The first-order chi connectivity index (χ1) is 30.7. The van der Waals surface area contributed by atoms with Crippen molar-refractivity contribution in [2.75, 3.05) is 0 Å². The summed E-state index contributed by atoms with van der Waals surface area (Å²) in [5.74, 6) is 2.45. The van der Waals surface area contributed by atoms with Crippen LogP contribution >= 0.6 is 0 Å². The molecule has 62 heavy (non-hydrogen) atoms. The molecular formula is C55H34N6O. The Morgan fingerprint density at radius 2 is 0.855 bits per heavy atom. The van der Waals surface area contributed by atoms with Gasteiger partial charge in [0.2, 0.25) is 0 Å². The number of rotatable bonds is 7. The van der Waals surface area contributed by atoms with Crippen molar-refractivity contribution < 1.29 is 4.42 Å². The van der Waals surface area contributed by atoms with Crippen LogP contribution in [0, 0.1) is 0 Å². The first-order valence-corrected chi connectivity index (χ1v) is 20.6. The van der Waals surface area contributed by atoms with Gasteiger partial charge in [-0.1, -0.05) is 170 Å². The van der Waals surface area contributed by atoms with E-state index in [9.17, 15) is 0 Å². The lowest BCUT2D eigenvalue weighted by Gasteiger charge is -2.15. The lowest BCUT2D eigenvalue weighted by Crippen LogP contribution is -2.01. The van der Waals surface area contributed by atoms with Crippen LogP contribution in [0.5, 0.6) is 0 Å². The fourth-order valence-electron chi connectivity index (χ4n) is 8.58. The third-order valence-electron chi connectivity index (χ3n) is 11.4. The number of benzene rings is 8. The Kier molecular flexibility index (Phi) is 8.35. The van der Waals surface area contributed by atoms with Crippen LogP contribution in [0.4, 0.5) is 0 Å². The van der Waals surface area contributed by atoms with Crippen molar-refractivity contribution in [1.82, 2.24) is 29.5 Å². The summed E-state index contributed by atoms with van der Waals surface area (Å²) in [6.07, 6.45) is 0. The summed E-state index contributed by atoms with van der Waals surface area (Å²) in [6, 6.07) is 70.3. The van der Waals surface area contributed by atoms with Gasteiger partial charge in [-0.15, -0.1) is 0 Å². The Hall–Kier alpha value is -8.55. The van der Waals surface area contributed by atoms with Gasteiger partial charge in [-0.05, 0) is 36.4 Å². The molecule has 4 aromatic heterocycles. The molecule has 0 saturated carbocycles. The topological polar surface area (TPSA) is 82.5 Å². The van der Waals surface area contributed by atoms with Gasteiger partial charge in [0.25, 0.3) is 0 Å². The molecule has 0 unspecified atom stereocenters. The molecule has 0 N–H and O–H groups in total. The molecule has 4 heterocycles. The number of hydrogen-bond acceptors (Lipinski definition) is 6. The van der Waals surface area contributed by atoms with Gasteiger partial charge in [0.05, 0.1) is 27.8 Å². The number of hydrogen-bond donors (Lipinski definition) is 0. The predicted octanol–water partition coefficient (Wildman–Crippen LogP) is 13.7. The molecule has 0 amide bonds. The largest absolute Gasteiger partial charge is 0.455 e. The van der Waals surface area contributed by atoms with E-state index in [2.05, 4.69) is 102 Å². The van der Waals surface area contributed by atoms with Gasteiger partial charge < -0.3 is 8.98 Å². The molecule has 0 aliphatic carbocycles. The molecule has 7 nitrogen and oxygen atoms in total. The van der Waals surface area contributed by atoms with Gasteiger partial charge in [-0.2, -0.15) is 0 Å². The van der Waals surface area contributed by atoms with Crippen molar-refractivity contribution in [3.8, 4) is 73.8 Å². The number of furan rings is 1. The summed E-state index contributed by atoms with van der Waals surface area (Å²) >= 11 is 0. The van der Waals surface area contributed by atoms with Crippen LogP contribution in [0.25, 0.3) is 117 Å². The second kappa shape index (κ2) is 14.6. The molecule has 7 heteroatoms. The fraction of sp³-hybridized carbons (Fsp3) is 0. The second-order valence-electron chi connectivity index (χ2n) is 15.3. The Labute approximate surface area is 356 Å². The van der Waals surface area contributed by atoms with Crippen LogP contribution in [0.3, 0.4) is 0 Å². The number of fused-ring (bicyclic) bond motifs is 7. The first kappa shape index (κ1) is 35.4. The van der Waals surface area contributed by atoms with Gasteiger partial charge >= 0.3 is 0 Å². The van der Waals surface area contributed by atoms with E-state index >= 15 is 0 Å². The standard InChI is InChI=1S/C55H34N6O/c1-5-18-35(19-6-1)45-34-46(57-52(56-45)36-20-7-2-8-21-36)44-33-43-41-28-14-16-31-48(41)62-51(43)49-42-29-13-15-30-47(42)61(50(44)49)40-27-17-26-39(32-40)55-59-53(37-22-9-3-10-23-37)58-54(60-55)38-24-11-4-12-25-38/h1-34H. The maximum Gasteiger partial charge on any atom is 0.164 e. The Bertz CT molecular complexity index is 3510. The van der Waals surface area contributed by atoms with Crippen LogP contribution in [0.1, 0.15) is 0 Å². The van der Waals surface area contributed by atoms with Gasteiger partial charge in [-0.25, -0.2) is 24.9 Å². The van der Waals surface area contributed by atoms with Crippen molar-refractivity contribution in [1.29, 1.82) is 0 Å². The minimum atomic E-state index is 0.580. The van der Waals surface area contributed by atoms with Gasteiger partial charge in [0, 0.05) is 55.2 Å². The summed E-state index contributed by atoms with van der Waals surface area (Å²) in [7, 11) is 0. The molecule has 12 rings (SSSR count). The maximum absolute atomic E-state index is 6.83. The summed E-state index contributed by atoms with van der Waals surface area (Å²) in [4.78, 5) is 25.7. The lowest BCUT2D eigenvalue weighted by molar-refractivity contribution is 0.673. The molecule has 0 atom stereocenters. The van der Waals surface area contributed by atoms with E-state index < -0.39 is 0 Å². The Morgan fingerprint density at radius 3 is 1.50 bits per heavy atom. The zero-order chi connectivity index (χ0) is 41.0. The van der Waals surface area contributed by atoms with Crippen LogP contribution in [-0.4, -0.2) is 29.5 Å². The molecule has 12 aromatic rings. The van der Waals surface area contributed by atoms with E-state index in [0.29, 0.717) is 23.3 Å². The quantitative estimate of drug-likeness (QED) is 0.160. The highest BCUT2D eigenvalue weighted by atomic mass is 16.3. The molecule has 0 saturated heterocycles. The molecule has 0 aliphatic heterocycles. The summed E-state index contributed by atoms with van der Waals surface area (Å²) in [6.45, 7) is 0. The van der Waals surface area contributed by atoms with Gasteiger partial charge in [-0.3, -0.25) is 0 Å².